The Kier molecular flexibility index (Phi) is 6.83. The lowest BCUT2D eigenvalue weighted by atomic mass is 10.3. The molecule has 2 aliphatic heterocycles. The van der Waals surface area contributed by atoms with Gasteiger partial charge in [-0.1, -0.05) is 6.07 Å². The standard InChI is InChI=1S/C21H25N5OS.CH2O2/c27-28(18-6-3-5-17(15-18)24-11-1-2-12-24)26-16-20(25-13-9-22-10-14-25)21-19(26)7-4-8-23-21;2-1-3/h3-8,15-16,22H,1-2,9-14H2;1H,(H,2,3). The van der Waals surface area contributed by atoms with Gasteiger partial charge in [0, 0.05) is 57.3 Å². The summed E-state index contributed by atoms with van der Waals surface area (Å²) in [7, 11) is -1.31. The molecule has 164 valence electrons. The summed E-state index contributed by atoms with van der Waals surface area (Å²) in [5.74, 6) is 0. The molecule has 2 aromatic heterocycles. The van der Waals surface area contributed by atoms with E-state index in [9.17, 15) is 4.21 Å². The van der Waals surface area contributed by atoms with Crippen molar-refractivity contribution in [3.8, 4) is 0 Å². The first-order valence-electron chi connectivity index (χ1n) is 10.5. The van der Waals surface area contributed by atoms with Gasteiger partial charge in [0.25, 0.3) is 6.47 Å². The predicted molar refractivity (Wildman–Crippen MR) is 123 cm³/mol. The lowest BCUT2D eigenvalue weighted by Crippen LogP contribution is -2.43. The first kappa shape index (κ1) is 21.3. The normalized spacial score (nSPS) is 17.3. The number of fused-ring (bicyclic) bond motifs is 1. The third-order valence-corrected chi connectivity index (χ3v) is 6.95. The van der Waals surface area contributed by atoms with Crippen molar-refractivity contribution in [1.29, 1.82) is 0 Å². The van der Waals surface area contributed by atoms with Crippen LogP contribution in [0.4, 0.5) is 11.4 Å². The van der Waals surface area contributed by atoms with Crippen LogP contribution in [0.15, 0.2) is 53.7 Å². The Balaban J connectivity index is 0.000000730. The van der Waals surface area contributed by atoms with Crippen LogP contribution in [-0.2, 0) is 15.8 Å². The topological polar surface area (TPSA) is 90.7 Å². The Hall–Kier alpha value is -2.91. The van der Waals surface area contributed by atoms with E-state index in [2.05, 4.69) is 32.2 Å². The molecule has 2 fully saturated rings. The van der Waals surface area contributed by atoms with Crippen molar-refractivity contribution < 1.29 is 14.1 Å². The number of pyridine rings is 1. The third kappa shape index (κ3) is 4.57. The fourth-order valence-corrected chi connectivity index (χ4v) is 5.33. The highest BCUT2D eigenvalue weighted by Gasteiger charge is 2.21. The molecule has 2 saturated heterocycles. The van der Waals surface area contributed by atoms with Crippen LogP contribution in [0.3, 0.4) is 0 Å². The van der Waals surface area contributed by atoms with E-state index in [0.29, 0.717) is 0 Å². The number of nitrogens with zero attached hydrogens (tertiary/aromatic N) is 4. The van der Waals surface area contributed by atoms with Gasteiger partial charge in [0.05, 0.1) is 16.1 Å². The van der Waals surface area contributed by atoms with Crippen LogP contribution >= 0.6 is 0 Å². The molecule has 31 heavy (non-hydrogen) atoms. The zero-order valence-electron chi connectivity index (χ0n) is 17.3. The van der Waals surface area contributed by atoms with Gasteiger partial charge in [-0.3, -0.25) is 13.8 Å². The molecule has 0 spiro atoms. The maximum atomic E-state index is 13.5. The highest BCUT2D eigenvalue weighted by atomic mass is 32.2. The van der Waals surface area contributed by atoms with E-state index in [1.807, 2.05) is 40.6 Å². The van der Waals surface area contributed by atoms with E-state index in [1.165, 1.54) is 18.5 Å². The SMILES string of the molecule is O=CO.O=S(c1cccc(N2CCCC2)c1)n1cc(N2CCNCC2)c2ncccc21. The summed E-state index contributed by atoms with van der Waals surface area (Å²) < 4.78 is 15.4. The van der Waals surface area contributed by atoms with Crippen LogP contribution < -0.4 is 15.1 Å². The molecule has 0 radical (unpaired) electrons. The van der Waals surface area contributed by atoms with E-state index in [0.717, 1.165) is 60.9 Å². The Morgan fingerprint density at radius 3 is 2.52 bits per heavy atom. The minimum atomic E-state index is -1.31. The lowest BCUT2D eigenvalue weighted by Gasteiger charge is -2.28. The number of carboxylic acid groups (broad SMARTS) is 1. The van der Waals surface area contributed by atoms with Crippen LogP contribution in [0.25, 0.3) is 11.0 Å². The zero-order chi connectivity index (χ0) is 21.6. The lowest BCUT2D eigenvalue weighted by molar-refractivity contribution is -0.122. The molecule has 0 amide bonds. The molecule has 5 rings (SSSR count). The van der Waals surface area contributed by atoms with Gasteiger partial charge in [0.1, 0.15) is 5.52 Å². The molecule has 0 saturated carbocycles. The zero-order valence-corrected chi connectivity index (χ0v) is 18.1. The van der Waals surface area contributed by atoms with Crippen molar-refractivity contribution in [2.24, 2.45) is 0 Å². The van der Waals surface area contributed by atoms with Crippen LogP contribution in [0, 0.1) is 0 Å². The van der Waals surface area contributed by atoms with Gasteiger partial charge in [-0.05, 0) is 43.2 Å². The molecule has 0 aliphatic carbocycles. The van der Waals surface area contributed by atoms with Crippen molar-refractivity contribution in [2.75, 3.05) is 49.1 Å². The van der Waals surface area contributed by atoms with Gasteiger partial charge in [0.15, 0.2) is 11.0 Å². The Morgan fingerprint density at radius 2 is 1.77 bits per heavy atom. The van der Waals surface area contributed by atoms with Crippen molar-refractivity contribution in [3.63, 3.8) is 0 Å². The van der Waals surface area contributed by atoms with E-state index in [4.69, 9.17) is 9.90 Å². The van der Waals surface area contributed by atoms with E-state index < -0.39 is 11.0 Å². The quantitative estimate of drug-likeness (QED) is 0.601. The van der Waals surface area contributed by atoms with Crippen LogP contribution in [-0.4, -0.2) is 64.0 Å². The smallest absolute Gasteiger partial charge is 0.290 e. The van der Waals surface area contributed by atoms with Crippen LogP contribution in [0.1, 0.15) is 12.8 Å². The minimum Gasteiger partial charge on any atom is -0.483 e. The van der Waals surface area contributed by atoms with E-state index in [-0.39, 0.29) is 6.47 Å². The number of rotatable bonds is 4. The molecule has 1 atom stereocenters. The van der Waals surface area contributed by atoms with Gasteiger partial charge < -0.3 is 20.2 Å². The first-order valence-corrected chi connectivity index (χ1v) is 11.6. The second kappa shape index (κ2) is 9.93. The number of piperazine rings is 1. The second-order valence-corrected chi connectivity index (χ2v) is 8.86. The monoisotopic (exact) mass is 441 g/mol. The summed E-state index contributed by atoms with van der Waals surface area (Å²) in [6.07, 6.45) is 6.29. The molecule has 1 aromatic carbocycles. The third-order valence-electron chi connectivity index (χ3n) is 5.63. The molecule has 8 nitrogen and oxygen atoms in total. The molecule has 1 unspecified atom stereocenters. The molecule has 9 heteroatoms. The fraction of sp³-hybridized carbons (Fsp3) is 0.364. The number of hydrogen-bond donors (Lipinski definition) is 2. The Bertz CT molecular complexity index is 1060. The maximum Gasteiger partial charge on any atom is 0.290 e. The Labute approximate surface area is 184 Å². The van der Waals surface area contributed by atoms with Crippen molar-refractivity contribution in [2.45, 2.75) is 17.7 Å². The number of hydrogen-bond acceptors (Lipinski definition) is 6. The van der Waals surface area contributed by atoms with Crippen LogP contribution in [0.2, 0.25) is 0 Å². The van der Waals surface area contributed by atoms with Crippen molar-refractivity contribution >= 4 is 39.9 Å². The number of nitrogens with one attached hydrogen (secondary N) is 1. The van der Waals surface area contributed by atoms with Crippen molar-refractivity contribution in [1.82, 2.24) is 14.3 Å². The highest BCUT2D eigenvalue weighted by Crippen LogP contribution is 2.30. The summed E-state index contributed by atoms with van der Waals surface area (Å²) >= 11 is 0. The van der Waals surface area contributed by atoms with Gasteiger partial charge in [-0.25, -0.2) is 4.21 Å². The molecule has 4 heterocycles. The predicted octanol–water partition coefficient (Wildman–Crippen LogP) is 2.32. The van der Waals surface area contributed by atoms with Gasteiger partial charge in [-0.2, -0.15) is 0 Å². The average Bonchev–Trinajstić information content (AvgIpc) is 3.49. The molecular formula is C22H27N5O3S. The highest BCUT2D eigenvalue weighted by molar-refractivity contribution is 7.83. The molecule has 3 aromatic rings. The maximum absolute atomic E-state index is 13.5. The van der Waals surface area contributed by atoms with Gasteiger partial charge in [-0.15, -0.1) is 0 Å². The molecular weight excluding hydrogens is 414 g/mol. The average molecular weight is 442 g/mol. The molecule has 2 aliphatic rings. The summed E-state index contributed by atoms with van der Waals surface area (Å²) in [6, 6.07) is 12.1. The number of benzene rings is 1. The first-order chi connectivity index (χ1) is 15.2. The molecule has 2 N–H and O–H groups in total. The van der Waals surface area contributed by atoms with Crippen LogP contribution in [0.5, 0.6) is 0 Å². The summed E-state index contributed by atoms with van der Waals surface area (Å²) in [5, 5.41) is 10.3. The van der Waals surface area contributed by atoms with E-state index >= 15 is 0 Å². The molecule has 0 bridgehead atoms. The van der Waals surface area contributed by atoms with Crippen molar-refractivity contribution in [3.05, 3.63) is 48.8 Å². The summed E-state index contributed by atoms with van der Waals surface area (Å²) in [6.45, 7) is 5.71. The summed E-state index contributed by atoms with van der Waals surface area (Å²) in [4.78, 5) is 18.5. The van der Waals surface area contributed by atoms with E-state index in [1.54, 1.807) is 0 Å². The van der Waals surface area contributed by atoms with Gasteiger partial charge in [0.2, 0.25) is 0 Å². The second-order valence-electron chi connectivity index (χ2n) is 7.49. The Morgan fingerprint density at radius 1 is 1.03 bits per heavy atom. The van der Waals surface area contributed by atoms with Gasteiger partial charge >= 0.3 is 0 Å². The number of carbonyl (C=O) groups is 1. The fourth-order valence-electron chi connectivity index (χ4n) is 4.17. The minimum absolute atomic E-state index is 0.250. The largest absolute Gasteiger partial charge is 0.483 e. The number of anilines is 2. The summed E-state index contributed by atoms with van der Waals surface area (Å²) in [5.41, 5.74) is 4.08. The number of aromatic nitrogens is 2.